The number of hydrogen-bond donors (Lipinski definition) is 8. The van der Waals surface area contributed by atoms with Gasteiger partial charge in [0.2, 0.25) is 5.91 Å². The monoisotopic (exact) mass is 1260 g/mol. The Hall–Kier alpha value is -9.30. The van der Waals surface area contributed by atoms with Crippen molar-refractivity contribution >= 4 is 72.4 Å². The van der Waals surface area contributed by atoms with Crippen LogP contribution in [0.2, 0.25) is 0 Å². The van der Waals surface area contributed by atoms with Crippen molar-refractivity contribution in [3.8, 4) is 0 Å². The molecule has 0 bridgehead atoms. The molecule has 5 aromatic heterocycles. The van der Waals surface area contributed by atoms with E-state index in [0.29, 0.717) is 13.0 Å². The van der Waals surface area contributed by atoms with E-state index >= 15 is 0 Å². The molecule has 0 saturated carbocycles. The molecule has 2 amide bonds. The van der Waals surface area contributed by atoms with Gasteiger partial charge in [0.05, 0.1) is 34.8 Å². The van der Waals surface area contributed by atoms with Gasteiger partial charge in [-0.1, -0.05) is 200 Å². The van der Waals surface area contributed by atoms with Crippen LogP contribution in [0.3, 0.4) is 0 Å². The highest BCUT2D eigenvalue weighted by Gasteiger charge is 2.24. The number of imidazole rings is 2. The van der Waals surface area contributed by atoms with E-state index in [9.17, 15) is 14.4 Å². The van der Waals surface area contributed by atoms with Crippen LogP contribution in [-0.4, -0.2) is 57.1 Å². The fraction of sp³-hybridized carbons (Fsp3) is 0.375. The first kappa shape index (κ1) is 70.6. The third-order valence-corrected chi connectivity index (χ3v) is 16.9. The van der Waals surface area contributed by atoms with E-state index in [2.05, 4.69) is 298 Å². The number of anilines is 1. The lowest BCUT2D eigenvalue weighted by atomic mass is 9.85. The zero-order chi connectivity index (χ0) is 68.9. The zero-order valence-electron chi connectivity index (χ0n) is 59.5. The van der Waals surface area contributed by atoms with Crippen LogP contribution in [0.4, 0.5) is 5.69 Å². The Labute approximate surface area is 555 Å². The molecule has 7 aromatic carbocycles. The number of fused-ring (bicyclic) bond motifs is 7. The molecule has 2 aliphatic rings. The molecule has 2 aliphatic heterocycles. The number of carbonyl (C=O) groups is 2. The van der Waals surface area contributed by atoms with E-state index in [-0.39, 0.29) is 55.4 Å². The quantitative estimate of drug-likeness (QED) is 0.0740. The largest absolute Gasteiger partial charge is 0.361 e. The molecule has 0 saturated heterocycles. The summed E-state index contributed by atoms with van der Waals surface area (Å²) < 4.78 is 0. The maximum absolute atomic E-state index is 11.3. The van der Waals surface area contributed by atoms with Crippen molar-refractivity contribution in [3.05, 3.63) is 224 Å². The molecule has 12 aromatic rings. The van der Waals surface area contributed by atoms with Gasteiger partial charge in [-0.15, -0.1) is 0 Å². The Kier molecular flexibility index (Phi) is 20.8. The molecular weight excluding hydrogens is 1160 g/mol. The smallest absolute Gasteiger partial charge is 0.323 e. The topological polar surface area (TPSA) is 209 Å². The lowest BCUT2D eigenvalue weighted by molar-refractivity contribution is -0.115. The summed E-state index contributed by atoms with van der Waals surface area (Å²) in [7, 11) is 0. The van der Waals surface area contributed by atoms with Crippen molar-refractivity contribution in [2.45, 2.75) is 196 Å². The summed E-state index contributed by atoms with van der Waals surface area (Å²) in [6.07, 6.45) is 6.23. The maximum Gasteiger partial charge on any atom is 0.323 e. The second kappa shape index (κ2) is 27.7. The molecule has 14 rings (SSSR count). The Morgan fingerprint density at radius 1 is 0.362 bits per heavy atom. The van der Waals surface area contributed by atoms with Crippen LogP contribution in [0, 0.1) is 0 Å². The van der Waals surface area contributed by atoms with Crippen LogP contribution in [-0.2, 0) is 55.7 Å². The molecule has 14 nitrogen and oxygen atoms in total. The fourth-order valence-electron chi connectivity index (χ4n) is 10.6. The van der Waals surface area contributed by atoms with Gasteiger partial charge in [0, 0.05) is 41.2 Å². The van der Waals surface area contributed by atoms with Crippen molar-refractivity contribution in [1.29, 1.82) is 0 Å². The van der Waals surface area contributed by atoms with Crippen molar-refractivity contribution < 1.29 is 9.59 Å². The first-order valence-electron chi connectivity index (χ1n) is 32.7. The first-order valence-corrected chi connectivity index (χ1v) is 32.7. The van der Waals surface area contributed by atoms with Crippen molar-refractivity contribution in [1.82, 2.24) is 50.6 Å². The molecule has 0 radical (unpaired) electrons. The van der Waals surface area contributed by atoms with Gasteiger partial charge in [-0.3, -0.25) is 9.59 Å². The molecule has 8 N–H and O–H groups in total. The molecule has 14 heteroatoms. The lowest BCUT2D eigenvalue weighted by Crippen LogP contribution is -2.12. The van der Waals surface area contributed by atoms with E-state index in [1.807, 2.05) is 54.9 Å². The predicted octanol–water partition coefficient (Wildman–Crippen LogP) is 18.9. The van der Waals surface area contributed by atoms with Crippen molar-refractivity contribution in [3.63, 3.8) is 0 Å². The average Bonchev–Trinajstić information content (AvgIpc) is 1.66. The van der Waals surface area contributed by atoms with E-state index in [1.54, 1.807) is 6.33 Å². The third kappa shape index (κ3) is 18.5. The van der Waals surface area contributed by atoms with Crippen LogP contribution in [0.25, 0.3) is 54.9 Å². The van der Waals surface area contributed by atoms with Gasteiger partial charge in [-0.05, 0) is 184 Å². The number of nitrogens with zero attached hydrogens (tertiary/aromatic N) is 3. The molecule has 0 unspecified atom stereocenters. The highest BCUT2D eigenvalue weighted by atomic mass is 16.2. The van der Waals surface area contributed by atoms with Gasteiger partial charge in [-0.2, -0.15) is 15.4 Å². The van der Waals surface area contributed by atoms with E-state index in [1.165, 1.54) is 60.8 Å². The van der Waals surface area contributed by atoms with E-state index < -0.39 is 0 Å². The number of benzene rings is 7. The standard InChI is InChI=1S/2C12H15NO.2C12H15N.C11H14N2O.C11H14N2.C10H13N3/c1-12(2,3)9-4-5-10-8(6-9)7-13-11(10)14;1-12(2,3)9-4-5-10-8(6-9)7-11(14)13-10;2*1-12(2,3)10-4-5-11-9(8-10)6-7-13-11;1-11(2,3)7-4-5-8-9(6-7)13-10(14)12-8;1-11(2,3)8-4-5-9-10(6-8)13-7-12-9;1-10(2,3)7-4-5-8-9(6-7)12-13-11-8/h2*4-6H,7H2,1-3H3,(H,13,14);2*4-8,13H,1-3H3;4-6H,1-3H3,(H2,12,13,14);4-7H,1-3H3,(H,12,13);4-6H,1-3H3,(H,11,12,13). The fourth-order valence-corrected chi connectivity index (χ4v) is 10.6. The van der Waals surface area contributed by atoms with Crippen molar-refractivity contribution in [2.24, 2.45) is 0 Å². The highest BCUT2D eigenvalue weighted by Crippen LogP contribution is 2.32. The number of amides is 2. The Bertz CT molecular complexity index is 4290. The minimum atomic E-state index is -0.147. The summed E-state index contributed by atoms with van der Waals surface area (Å²) in [6.45, 7) is 46.8. The normalized spacial score (nSPS) is 13.1. The lowest BCUT2D eigenvalue weighted by Gasteiger charge is -2.19. The molecular formula is C80H101N11O3. The van der Waals surface area contributed by atoms with Gasteiger partial charge in [-0.25, -0.2) is 9.78 Å². The SMILES string of the molecule is CC(C)(C)c1ccc2[nH]c(=O)[nH]c2c1.CC(C)(C)c1ccc2[nH]ccc2c1.CC(C)(C)c1ccc2[nH]ccc2c1.CC(C)(C)c1ccc2c(c1)CC(=O)N2.CC(C)(C)c1ccc2c(c1)CNC2=O.CC(C)(C)c1ccc2n[nH]nc2c1.CC(C)(C)c1ccc2nc[nH]c2c1. The molecule has 0 fully saturated rings. The zero-order valence-corrected chi connectivity index (χ0v) is 59.5. The molecule has 7 heterocycles. The average molecular weight is 1260 g/mol. The van der Waals surface area contributed by atoms with Gasteiger partial charge in [0.15, 0.2) is 0 Å². The van der Waals surface area contributed by atoms with Crippen LogP contribution >= 0.6 is 0 Å². The summed E-state index contributed by atoms with van der Waals surface area (Å²) in [5.41, 5.74) is 22.6. The van der Waals surface area contributed by atoms with Gasteiger partial charge >= 0.3 is 5.69 Å². The number of aromatic amines is 6. The number of hydrogen-bond acceptors (Lipinski definition) is 6. The Morgan fingerprint density at radius 3 is 1.31 bits per heavy atom. The number of H-pyrrole nitrogens is 6. The van der Waals surface area contributed by atoms with Gasteiger partial charge in [0.25, 0.3) is 5.91 Å². The van der Waals surface area contributed by atoms with Gasteiger partial charge < -0.3 is 35.6 Å². The molecule has 94 heavy (non-hydrogen) atoms. The summed E-state index contributed by atoms with van der Waals surface area (Å²) in [5.74, 6) is 0.159. The number of carbonyl (C=O) groups excluding carboxylic acids is 2. The van der Waals surface area contributed by atoms with Crippen LogP contribution in [0.15, 0.2) is 163 Å². The molecule has 0 aliphatic carbocycles. The second-order valence-corrected chi connectivity index (χ2v) is 32.0. The minimum absolute atomic E-state index is 0.0560. The van der Waals surface area contributed by atoms with Crippen LogP contribution in [0.1, 0.15) is 206 Å². The van der Waals surface area contributed by atoms with Gasteiger partial charge in [0.1, 0.15) is 11.0 Å². The molecule has 0 atom stereocenters. The summed E-state index contributed by atoms with van der Waals surface area (Å²) >= 11 is 0. The number of rotatable bonds is 0. The van der Waals surface area contributed by atoms with Crippen molar-refractivity contribution in [2.75, 3.05) is 5.32 Å². The van der Waals surface area contributed by atoms with E-state index in [4.69, 9.17) is 0 Å². The Morgan fingerprint density at radius 2 is 0.777 bits per heavy atom. The Balaban J connectivity index is 0.000000141. The summed E-state index contributed by atoms with van der Waals surface area (Å²) in [6, 6.07) is 48.3. The third-order valence-electron chi connectivity index (χ3n) is 16.9. The number of nitrogens with one attached hydrogen (secondary N) is 8. The summed E-state index contributed by atoms with van der Waals surface area (Å²) in [5, 5.41) is 18.9. The second-order valence-electron chi connectivity index (χ2n) is 32.0. The maximum atomic E-state index is 11.3. The minimum Gasteiger partial charge on any atom is -0.361 e. The molecule has 0 spiro atoms. The number of aromatic nitrogens is 9. The summed E-state index contributed by atoms with van der Waals surface area (Å²) in [4.78, 5) is 52.7. The predicted molar refractivity (Wildman–Crippen MR) is 393 cm³/mol. The first-order chi connectivity index (χ1) is 43.7. The van der Waals surface area contributed by atoms with Crippen LogP contribution < -0.4 is 16.3 Å². The van der Waals surface area contributed by atoms with E-state index in [0.717, 1.165) is 55.5 Å². The molecule has 494 valence electrons. The van der Waals surface area contributed by atoms with Crippen LogP contribution in [0.5, 0.6) is 0 Å². The highest BCUT2D eigenvalue weighted by molar-refractivity contribution is 5.99.